The molecular weight excluding hydrogens is 252 g/mol. The van der Waals surface area contributed by atoms with Crippen molar-refractivity contribution in [3.05, 3.63) is 41.0 Å². The first-order valence-electron chi connectivity index (χ1n) is 5.02. The Labute approximate surface area is 108 Å². The summed E-state index contributed by atoms with van der Waals surface area (Å²) in [5.74, 6) is 0.605. The van der Waals surface area contributed by atoms with Gasteiger partial charge in [0.1, 0.15) is 23.2 Å². The number of aromatic nitrogens is 1. The summed E-state index contributed by atoms with van der Waals surface area (Å²) in [6.07, 6.45) is 0. The number of rotatable bonds is 2. The number of phenols is 1. The molecule has 0 fully saturated rings. The van der Waals surface area contributed by atoms with Crippen LogP contribution in [-0.2, 0) is 0 Å². The van der Waals surface area contributed by atoms with Crippen LogP contribution in [0.15, 0.2) is 30.3 Å². The van der Waals surface area contributed by atoms with Crippen LogP contribution < -0.4 is 11.1 Å². The van der Waals surface area contributed by atoms with E-state index in [1.165, 1.54) is 18.2 Å². The SMILES string of the molecule is N#Cc1c(N)cc(Nc2ccc(O)cc2)nc1Cl. The Kier molecular flexibility index (Phi) is 3.22. The molecule has 0 spiro atoms. The maximum atomic E-state index is 9.16. The number of anilines is 3. The van der Waals surface area contributed by atoms with Gasteiger partial charge in [0, 0.05) is 11.8 Å². The number of nitriles is 1. The molecule has 1 heterocycles. The van der Waals surface area contributed by atoms with E-state index in [0.29, 0.717) is 5.82 Å². The first kappa shape index (κ1) is 12.0. The zero-order chi connectivity index (χ0) is 13.1. The zero-order valence-electron chi connectivity index (χ0n) is 9.18. The Hall–Kier alpha value is -2.45. The molecule has 90 valence electrons. The minimum Gasteiger partial charge on any atom is -0.508 e. The third-order valence-corrected chi connectivity index (χ3v) is 2.53. The van der Waals surface area contributed by atoms with Crippen molar-refractivity contribution >= 4 is 28.8 Å². The average molecular weight is 261 g/mol. The first-order valence-corrected chi connectivity index (χ1v) is 5.40. The summed E-state index contributed by atoms with van der Waals surface area (Å²) in [5.41, 5.74) is 6.83. The van der Waals surface area contributed by atoms with Crippen molar-refractivity contribution in [2.75, 3.05) is 11.1 Å². The molecule has 0 aliphatic heterocycles. The number of nitrogens with one attached hydrogen (secondary N) is 1. The molecule has 0 saturated heterocycles. The number of hydrogen-bond donors (Lipinski definition) is 3. The number of pyridine rings is 1. The number of nitrogens with zero attached hydrogens (tertiary/aromatic N) is 2. The highest BCUT2D eigenvalue weighted by Gasteiger charge is 2.08. The molecule has 1 aromatic heterocycles. The van der Waals surface area contributed by atoms with Gasteiger partial charge in [-0.2, -0.15) is 5.26 Å². The molecule has 0 saturated carbocycles. The van der Waals surface area contributed by atoms with Gasteiger partial charge in [0.05, 0.1) is 5.69 Å². The largest absolute Gasteiger partial charge is 0.508 e. The summed E-state index contributed by atoms with van der Waals surface area (Å²) in [4.78, 5) is 4.01. The summed E-state index contributed by atoms with van der Waals surface area (Å²) in [6, 6.07) is 9.84. The number of nitrogen functional groups attached to an aromatic ring is 1. The number of hydrogen-bond acceptors (Lipinski definition) is 5. The van der Waals surface area contributed by atoms with Gasteiger partial charge >= 0.3 is 0 Å². The maximum Gasteiger partial charge on any atom is 0.151 e. The fourth-order valence-electron chi connectivity index (χ4n) is 1.40. The van der Waals surface area contributed by atoms with Crippen molar-refractivity contribution in [2.24, 2.45) is 0 Å². The lowest BCUT2D eigenvalue weighted by molar-refractivity contribution is 0.475. The molecule has 0 atom stereocenters. The van der Waals surface area contributed by atoms with E-state index in [2.05, 4.69) is 10.3 Å². The zero-order valence-corrected chi connectivity index (χ0v) is 9.94. The highest BCUT2D eigenvalue weighted by atomic mass is 35.5. The summed E-state index contributed by atoms with van der Waals surface area (Å²) >= 11 is 5.83. The second kappa shape index (κ2) is 4.82. The van der Waals surface area contributed by atoms with Crippen molar-refractivity contribution in [1.29, 1.82) is 5.26 Å². The number of phenolic OH excluding ortho intramolecular Hbond substituents is 1. The molecule has 6 heteroatoms. The van der Waals surface area contributed by atoms with Crippen LogP contribution in [0.25, 0.3) is 0 Å². The Morgan fingerprint density at radius 1 is 1.33 bits per heavy atom. The Balaban J connectivity index is 2.31. The van der Waals surface area contributed by atoms with Gasteiger partial charge in [0.2, 0.25) is 0 Å². The Morgan fingerprint density at radius 2 is 2.00 bits per heavy atom. The van der Waals surface area contributed by atoms with Crippen LogP contribution >= 0.6 is 11.6 Å². The van der Waals surface area contributed by atoms with E-state index < -0.39 is 0 Å². The van der Waals surface area contributed by atoms with Gasteiger partial charge in [-0.05, 0) is 24.3 Å². The smallest absolute Gasteiger partial charge is 0.151 e. The average Bonchev–Trinajstić information content (AvgIpc) is 2.32. The standard InChI is InChI=1S/C12H9ClN4O/c13-12-9(6-14)10(15)5-11(17-12)16-7-1-3-8(18)4-2-7/h1-5,18H,(H3,15,16,17). The van der Waals surface area contributed by atoms with Gasteiger partial charge in [-0.3, -0.25) is 0 Å². The minimum absolute atomic E-state index is 0.0544. The lowest BCUT2D eigenvalue weighted by Crippen LogP contribution is -1.99. The van der Waals surface area contributed by atoms with Crippen LogP contribution in [0.3, 0.4) is 0 Å². The molecule has 0 unspecified atom stereocenters. The summed E-state index contributed by atoms with van der Waals surface area (Å²) in [6.45, 7) is 0. The fourth-order valence-corrected chi connectivity index (χ4v) is 1.64. The molecule has 0 bridgehead atoms. The molecule has 2 aromatic rings. The van der Waals surface area contributed by atoms with Crippen LogP contribution in [0.2, 0.25) is 5.15 Å². The van der Waals surface area contributed by atoms with E-state index in [4.69, 9.17) is 27.7 Å². The van der Waals surface area contributed by atoms with E-state index in [-0.39, 0.29) is 22.2 Å². The van der Waals surface area contributed by atoms with E-state index in [1.54, 1.807) is 12.1 Å². The second-order valence-electron chi connectivity index (χ2n) is 3.55. The van der Waals surface area contributed by atoms with Gasteiger partial charge in [-0.1, -0.05) is 11.6 Å². The van der Waals surface area contributed by atoms with Crippen molar-refractivity contribution in [3.63, 3.8) is 0 Å². The third-order valence-electron chi connectivity index (χ3n) is 2.26. The molecule has 5 nitrogen and oxygen atoms in total. The van der Waals surface area contributed by atoms with Gasteiger partial charge in [0.25, 0.3) is 0 Å². The third kappa shape index (κ3) is 2.44. The number of benzene rings is 1. The van der Waals surface area contributed by atoms with E-state index >= 15 is 0 Å². The number of nitrogens with two attached hydrogens (primary N) is 1. The number of aromatic hydroxyl groups is 1. The molecule has 0 amide bonds. The van der Waals surface area contributed by atoms with E-state index in [9.17, 15) is 0 Å². The quantitative estimate of drug-likeness (QED) is 0.570. The fraction of sp³-hybridized carbons (Fsp3) is 0. The van der Waals surface area contributed by atoms with Crippen LogP contribution in [0.4, 0.5) is 17.2 Å². The lowest BCUT2D eigenvalue weighted by atomic mass is 10.2. The first-order chi connectivity index (χ1) is 8.60. The lowest BCUT2D eigenvalue weighted by Gasteiger charge is -2.08. The summed E-state index contributed by atoms with van der Waals surface area (Å²) in [5, 5.41) is 21.0. The maximum absolute atomic E-state index is 9.16. The van der Waals surface area contributed by atoms with E-state index in [0.717, 1.165) is 5.69 Å². The molecule has 1 aromatic carbocycles. The molecule has 0 aliphatic carbocycles. The van der Waals surface area contributed by atoms with Crippen molar-refractivity contribution in [3.8, 4) is 11.8 Å². The monoisotopic (exact) mass is 260 g/mol. The van der Waals surface area contributed by atoms with Crippen LogP contribution in [-0.4, -0.2) is 10.1 Å². The summed E-state index contributed by atoms with van der Waals surface area (Å²) < 4.78 is 0. The van der Waals surface area contributed by atoms with Crippen molar-refractivity contribution < 1.29 is 5.11 Å². The molecule has 2 rings (SSSR count). The Bertz CT molecular complexity index is 596. The predicted molar refractivity (Wildman–Crippen MR) is 69.8 cm³/mol. The number of halogens is 1. The predicted octanol–water partition coefficient (Wildman–Crippen LogP) is 2.64. The van der Waals surface area contributed by atoms with Crippen molar-refractivity contribution in [2.45, 2.75) is 0 Å². The Morgan fingerprint density at radius 3 is 2.56 bits per heavy atom. The highest BCUT2D eigenvalue weighted by molar-refractivity contribution is 6.31. The van der Waals surface area contributed by atoms with Crippen LogP contribution in [0.5, 0.6) is 5.75 Å². The van der Waals surface area contributed by atoms with Gasteiger partial charge < -0.3 is 16.2 Å². The van der Waals surface area contributed by atoms with E-state index in [1.807, 2.05) is 6.07 Å². The molecule has 0 radical (unpaired) electrons. The van der Waals surface area contributed by atoms with Gasteiger partial charge in [0.15, 0.2) is 5.15 Å². The molecule has 4 N–H and O–H groups in total. The second-order valence-corrected chi connectivity index (χ2v) is 3.90. The van der Waals surface area contributed by atoms with Crippen molar-refractivity contribution in [1.82, 2.24) is 4.98 Å². The normalized spacial score (nSPS) is 9.78. The minimum atomic E-state index is 0.0544. The molecular formula is C12H9ClN4O. The topological polar surface area (TPSA) is 95.0 Å². The van der Waals surface area contributed by atoms with Gasteiger partial charge in [-0.15, -0.1) is 0 Å². The van der Waals surface area contributed by atoms with Gasteiger partial charge in [-0.25, -0.2) is 4.98 Å². The molecule has 18 heavy (non-hydrogen) atoms. The van der Waals surface area contributed by atoms with Crippen LogP contribution in [0, 0.1) is 11.3 Å². The molecule has 0 aliphatic rings. The van der Waals surface area contributed by atoms with Crippen LogP contribution in [0.1, 0.15) is 5.56 Å². The summed E-state index contributed by atoms with van der Waals surface area (Å²) in [7, 11) is 0. The highest BCUT2D eigenvalue weighted by Crippen LogP contribution is 2.25.